The van der Waals surface area contributed by atoms with Crippen molar-refractivity contribution >= 4 is 45.8 Å². The summed E-state index contributed by atoms with van der Waals surface area (Å²) in [6.45, 7) is 2.03. The van der Waals surface area contributed by atoms with Crippen LogP contribution in [0.3, 0.4) is 0 Å². The van der Waals surface area contributed by atoms with Crippen LogP contribution in [-0.4, -0.2) is 43.7 Å². The third-order valence-electron chi connectivity index (χ3n) is 5.41. The number of imidazole rings is 1. The second-order valence-electron chi connectivity index (χ2n) is 7.58. The first-order chi connectivity index (χ1) is 14.9. The first-order valence-corrected chi connectivity index (χ1v) is 10.2. The van der Waals surface area contributed by atoms with Crippen molar-refractivity contribution in [1.29, 1.82) is 0 Å². The summed E-state index contributed by atoms with van der Waals surface area (Å²) in [6, 6.07) is 4.98. The molecule has 0 aliphatic carbocycles. The predicted molar refractivity (Wildman–Crippen MR) is 114 cm³/mol. The van der Waals surface area contributed by atoms with Gasteiger partial charge in [-0.05, 0) is 11.6 Å². The minimum Gasteiger partial charge on any atom is -0.504 e. The number of halogens is 1. The molecule has 1 aliphatic rings. The monoisotopic (exact) mass is 439 g/mol. The number of primary amides is 1. The molecule has 158 valence electrons. The molecule has 9 nitrogen and oxygen atoms in total. The number of aromatic hydroxyl groups is 1. The average Bonchev–Trinajstić information content (AvgIpc) is 3.41. The molecule has 1 aromatic carbocycles. The number of phenolic OH excluding ortho intramolecular Hbond substituents is 1. The van der Waals surface area contributed by atoms with Crippen LogP contribution < -0.4 is 10.6 Å². The molecule has 1 unspecified atom stereocenters. The van der Waals surface area contributed by atoms with Gasteiger partial charge in [0.2, 0.25) is 5.91 Å². The molecule has 0 spiro atoms. The Balaban J connectivity index is 1.57. The number of amides is 2. The summed E-state index contributed by atoms with van der Waals surface area (Å²) in [5.41, 5.74) is 8.90. The van der Waals surface area contributed by atoms with Crippen molar-refractivity contribution in [3.63, 3.8) is 0 Å². The molecule has 0 saturated heterocycles. The zero-order valence-corrected chi connectivity index (χ0v) is 17.3. The lowest BCUT2D eigenvalue weighted by Gasteiger charge is -2.16. The van der Waals surface area contributed by atoms with Crippen LogP contribution in [0.4, 0.5) is 5.69 Å². The fraction of sp³-hybridized carbons (Fsp3) is 0.238. The number of nitrogens with zero attached hydrogens (tertiary/aromatic N) is 4. The molecule has 10 heteroatoms. The number of alkyl halides is 1. The van der Waals surface area contributed by atoms with E-state index in [1.165, 1.54) is 6.07 Å². The Morgan fingerprint density at radius 1 is 1.32 bits per heavy atom. The first kappa shape index (κ1) is 19.4. The van der Waals surface area contributed by atoms with E-state index >= 15 is 0 Å². The number of rotatable bonds is 4. The number of hydrogen-bond donors (Lipinski definition) is 2. The molecule has 1 atom stereocenters. The lowest BCUT2D eigenvalue weighted by atomic mass is 10.0. The van der Waals surface area contributed by atoms with Gasteiger partial charge in [-0.3, -0.25) is 9.59 Å². The zero-order chi connectivity index (χ0) is 21.9. The number of aromatic nitrogens is 3. The highest BCUT2D eigenvalue weighted by Crippen LogP contribution is 2.45. The van der Waals surface area contributed by atoms with Crippen molar-refractivity contribution in [3.05, 3.63) is 53.3 Å². The molecule has 31 heavy (non-hydrogen) atoms. The van der Waals surface area contributed by atoms with Crippen LogP contribution in [0.25, 0.3) is 16.7 Å². The summed E-state index contributed by atoms with van der Waals surface area (Å²) >= 11 is 6.21. The van der Waals surface area contributed by atoms with E-state index in [9.17, 15) is 14.7 Å². The molecule has 3 N–H and O–H groups in total. The number of nitrogens with two attached hydrogens (primary N) is 1. The Bertz CT molecular complexity index is 1380. The van der Waals surface area contributed by atoms with Gasteiger partial charge in [-0.25, -0.2) is 9.97 Å². The van der Waals surface area contributed by atoms with Crippen LogP contribution in [0.15, 0.2) is 35.0 Å². The minimum atomic E-state index is -0.439. The lowest BCUT2D eigenvalue weighted by Crippen LogP contribution is -2.30. The standard InChI is InChI=1S/C21H18ClN5O4/c1-10-24-19-18-12(6-22)8-27(14(18)5-15(28)20(19)31-10)21(30)13-9-26-7-11(4-16(23)29)2-3-17(26)25-13/h2-3,5,7,9,12,28H,4,6,8H2,1H3,(H2,23,29). The topological polar surface area (TPSA) is 127 Å². The second-order valence-corrected chi connectivity index (χ2v) is 7.89. The summed E-state index contributed by atoms with van der Waals surface area (Å²) in [6.07, 6.45) is 3.42. The van der Waals surface area contributed by atoms with E-state index in [2.05, 4.69) is 9.97 Å². The van der Waals surface area contributed by atoms with Crippen LogP contribution in [0.5, 0.6) is 5.75 Å². The number of phenols is 1. The number of carbonyl (C=O) groups is 2. The Morgan fingerprint density at radius 3 is 2.87 bits per heavy atom. The maximum Gasteiger partial charge on any atom is 0.278 e. The number of aryl methyl sites for hydroxylation is 1. The largest absolute Gasteiger partial charge is 0.504 e. The number of fused-ring (bicyclic) bond motifs is 4. The summed E-state index contributed by atoms with van der Waals surface area (Å²) in [5.74, 6) is -0.312. The normalized spacial score (nSPS) is 15.7. The van der Waals surface area contributed by atoms with Crippen molar-refractivity contribution in [1.82, 2.24) is 14.4 Å². The fourth-order valence-corrected chi connectivity index (χ4v) is 4.37. The maximum atomic E-state index is 13.4. The van der Waals surface area contributed by atoms with Crippen molar-refractivity contribution in [2.75, 3.05) is 17.3 Å². The maximum absolute atomic E-state index is 13.4. The molecule has 0 fully saturated rings. The molecule has 2 amide bonds. The van der Waals surface area contributed by atoms with Crippen LogP contribution in [0, 0.1) is 6.92 Å². The number of hydrogen-bond acceptors (Lipinski definition) is 6. The lowest BCUT2D eigenvalue weighted by molar-refractivity contribution is -0.117. The Hall–Kier alpha value is -3.59. The van der Waals surface area contributed by atoms with Gasteiger partial charge in [0.1, 0.15) is 16.9 Å². The Labute approximate surface area is 181 Å². The van der Waals surface area contributed by atoms with Crippen LogP contribution in [0.1, 0.15) is 33.4 Å². The zero-order valence-electron chi connectivity index (χ0n) is 16.5. The molecule has 5 rings (SSSR count). The summed E-state index contributed by atoms with van der Waals surface area (Å²) in [5, 5.41) is 10.4. The van der Waals surface area contributed by atoms with E-state index in [1.54, 1.807) is 40.8 Å². The Kier molecular flexibility index (Phi) is 4.37. The summed E-state index contributed by atoms with van der Waals surface area (Å²) in [7, 11) is 0. The van der Waals surface area contributed by atoms with E-state index in [1.807, 2.05) is 0 Å². The van der Waals surface area contributed by atoms with Gasteiger partial charge in [0.25, 0.3) is 5.91 Å². The van der Waals surface area contributed by atoms with Gasteiger partial charge in [0.15, 0.2) is 17.2 Å². The van der Waals surface area contributed by atoms with Crippen LogP contribution >= 0.6 is 11.6 Å². The Morgan fingerprint density at radius 2 is 2.13 bits per heavy atom. The summed E-state index contributed by atoms with van der Waals surface area (Å²) in [4.78, 5) is 34.9. The van der Waals surface area contributed by atoms with Gasteiger partial charge >= 0.3 is 0 Å². The number of benzene rings is 1. The molecule has 1 aliphatic heterocycles. The third-order valence-corrected chi connectivity index (χ3v) is 5.79. The summed E-state index contributed by atoms with van der Waals surface area (Å²) < 4.78 is 7.20. The van der Waals surface area contributed by atoms with Crippen molar-refractivity contribution in [2.24, 2.45) is 5.73 Å². The SMILES string of the molecule is Cc1nc2c3c(cc(O)c2o1)N(C(=O)c1cn2cc(CC(N)=O)ccc2n1)CC3CCl. The minimum absolute atomic E-state index is 0.0894. The number of oxazole rings is 1. The van der Waals surface area contributed by atoms with Gasteiger partial charge in [-0.2, -0.15) is 0 Å². The number of carbonyl (C=O) groups excluding carboxylic acids is 2. The highest BCUT2D eigenvalue weighted by atomic mass is 35.5. The quantitative estimate of drug-likeness (QED) is 0.470. The molecular formula is C21H18ClN5O4. The first-order valence-electron chi connectivity index (χ1n) is 9.62. The highest BCUT2D eigenvalue weighted by Gasteiger charge is 2.37. The number of anilines is 1. The van der Waals surface area contributed by atoms with Crippen LogP contribution in [0.2, 0.25) is 0 Å². The molecule has 4 aromatic rings. The van der Waals surface area contributed by atoms with Crippen LogP contribution in [-0.2, 0) is 11.2 Å². The van der Waals surface area contributed by atoms with E-state index in [0.29, 0.717) is 29.3 Å². The third kappa shape index (κ3) is 3.09. The molecule has 0 bridgehead atoms. The molecular weight excluding hydrogens is 422 g/mol. The molecule has 3 aromatic heterocycles. The molecule has 0 saturated carbocycles. The van der Waals surface area contributed by atoms with E-state index in [-0.39, 0.29) is 41.2 Å². The fourth-order valence-electron chi connectivity index (χ4n) is 4.12. The molecule has 0 radical (unpaired) electrons. The van der Waals surface area contributed by atoms with E-state index in [0.717, 1.165) is 11.1 Å². The van der Waals surface area contributed by atoms with Crippen molar-refractivity contribution < 1.29 is 19.1 Å². The molecule has 4 heterocycles. The average molecular weight is 440 g/mol. The van der Waals surface area contributed by atoms with Gasteiger partial charge in [-0.1, -0.05) is 6.07 Å². The number of pyridine rings is 1. The van der Waals surface area contributed by atoms with Crippen molar-refractivity contribution in [3.8, 4) is 5.75 Å². The smallest absolute Gasteiger partial charge is 0.278 e. The predicted octanol–water partition coefficient (Wildman–Crippen LogP) is 2.50. The van der Waals surface area contributed by atoms with Gasteiger partial charge in [-0.15, -0.1) is 11.6 Å². The second kappa shape index (κ2) is 6.98. The van der Waals surface area contributed by atoms with Crippen molar-refractivity contribution in [2.45, 2.75) is 19.3 Å². The highest BCUT2D eigenvalue weighted by molar-refractivity contribution is 6.19. The van der Waals surface area contributed by atoms with Gasteiger partial charge in [0, 0.05) is 49.3 Å². The van der Waals surface area contributed by atoms with Gasteiger partial charge in [0.05, 0.1) is 12.1 Å². The van der Waals surface area contributed by atoms with Gasteiger partial charge < -0.3 is 24.6 Å². The van der Waals surface area contributed by atoms with E-state index in [4.69, 9.17) is 21.8 Å². The van der Waals surface area contributed by atoms with E-state index < -0.39 is 5.91 Å².